The molecule has 1 unspecified atom stereocenters. The number of piperazine rings is 1. The van der Waals surface area contributed by atoms with Crippen LogP contribution in [0.15, 0.2) is 0 Å². The van der Waals surface area contributed by atoms with E-state index < -0.39 is 0 Å². The molecule has 2 rings (SSSR count). The third-order valence-electron chi connectivity index (χ3n) is 4.15. The molecule has 2 aliphatic heterocycles. The molecule has 2 fully saturated rings. The summed E-state index contributed by atoms with van der Waals surface area (Å²) in [6.07, 6.45) is 4.54. The lowest BCUT2D eigenvalue weighted by molar-refractivity contribution is -0.131. The predicted molar refractivity (Wildman–Crippen MR) is 74.0 cm³/mol. The summed E-state index contributed by atoms with van der Waals surface area (Å²) >= 11 is 0. The quantitative estimate of drug-likeness (QED) is 0.796. The van der Waals surface area contributed by atoms with Crippen LogP contribution in [0.5, 0.6) is 0 Å². The number of hydrogen-bond acceptors (Lipinski definition) is 4. The van der Waals surface area contributed by atoms with Gasteiger partial charge in [-0.1, -0.05) is 12.8 Å². The zero-order valence-corrected chi connectivity index (χ0v) is 11.9. The predicted octanol–water partition coefficient (Wildman–Crippen LogP) is 0.252. The van der Waals surface area contributed by atoms with Crippen molar-refractivity contribution in [2.75, 3.05) is 39.3 Å². The number of rotatable bonds is 3. The average molecular weight is 267 g/mol. The first-order chi connectivity index (χ1) is 9.16. The first kappa shape index (κ1) is 14.5. The number of carbonyl (C=O) groups excluding carboxylic acids is 2. The molecule has 108 valence electrons. The van der Waals surface area contributed by atoms with Crippen LogP contribution in [0.4, 0.5) is 0 Å². The van der Waals surface area contributed by atoms with Crippen LogP contribution >= 0.6 is 0 Å². The second-order valence-electron chi connectivity index (χ2n) is 5.60. The molecule has 2 saturated heterocycles. The fourth-order valence-corrected chi connectivity index (χ4v) is 2.85. The number of carbonyl (C=O) groups is 2. The summed E-state index contributed by atoms with van der Waals surface area (Å²) in [4.78, 5) is 27.5. The Hall–Kier alpha value is -0.940. The first-order valence-electron chi connectivity index (χ1n) is 7.41. The zero-order chi connectivity index (χ0) is 13.7. The van der Waals surface area contributed by atoms with Crippen molar-refractivity contribution in [1.29, 1.82) is 0 Å². The Morgan fingerprint density at radius 3 is 2.53 bits per heavy atom. The van der Waals surface area contributed by atoms with Crippen molar-refractivity contribution in [3.63, 3.8) is 0 Å². The topological polar surface area (TPSA) is 52.7 Å². The van der Waals surface area contributed by atoms with Gasteiger partial charge >= 0.3 is 0 Å². The summed E-state index contributed by atoms with van der Waals surface area (Å²) in [6, 6.07) is 0.0494. The fraction of sp³-hybridized carbons (Fsp3) is 0.857. The highest BCUT2D eigenvalue weighted by Crippen LogP contribution is 2.10. The average Bonchev–Trinajstić information content (AvgIpc) is 2.68. The smallest absolute Gasteiger partial charge is 0.219 e. The first-order valence-corrected chi connectivity index (χ1v) is 7.41. The van der Waals surface area contributed by atoms with E-state index in [1.54, 1.807) is 6.92 Å². The molecule has 0 bridgehead atoms. The number of nitrogens with one attached hydrogen (secondary N) is 1. The fourth-order valence-electron chi connectivity index (χ4n) is 2.85. The maximum Gasteiger partial charge on any atom is 0.219 e. The summed E-state index contributed by atoms with van der Waals surface area (Å²) in [5, 5.41) is 3.36. The van der Waals surface area contributed by atoms with Gasteiger partial charge in [0.25, 0.3) is 0 Å². The zero-order valence-electron chi connectivity index (χ0n) is 11.9. The summed E-state index contributed by atoms with van der Waals surface area (Å²) in [5.41, 5.74) is 0. The molecule has 1 amide bonds. The summed E-state index contributed by atoms with van der Waals surface area (Å²) in [5.74, 6) is 0.453. The van der Waals surface area contributed by atoms with Gasteiger partial charge in [0.05, 0.1) is 12.6 Å². The molecule has 19 heavy (non-hydrogen) atoms. The van der Waals surface area contributed by atoms with Crippen LogP contribution in [0.2, 0.25) is 0 Å². The van der Waals surface area contributed by atoms with Gasteiger partial charge in [0, 0.05) is 33.1 Å². The van der Waals surface area contributed by atoms with Crippen LogP contribution in [0.3, 0.4) is 0 Å². The molecular formula is C14H25N3O2. The van der Waals surface area contributed by atoms with E-state index in [2.05, 4.69) is 10.2 Å². The van der Waals surface area contributed by atoms with Crippen molar-refractivity contribution in [3.8, 4) is 0 Å². The molecule has 2 aliphatic rings. The summed E-state index contributed by atoms with van der Waals surface area (Å²) in [7, 11) is 0. The molecule has 0 aromatic heterocycles. The lowest BCUT2D eigenvalue weighted by Gasteiger charge is -2.34. The molecule has 0 aromatic carbocycles. The maximum atomic E-state index is 12.2. The van der Waals surface area contributed by atoms with Gasteiger partial charge in [-0.05, 0) is 19.4 Å². The van der Waals surface area contributed by atoms with E-state index in [0.717, 1.165) is 45.6 Å². The van der Waals surface area contributed by atoms with Crippen LogP contribution in [0.25, 0.3) is 0 Å². The van der Waals surface area contributed by atoms with Gasteiger partial charge in [-0.25, -0.2) is 0 Å². The molecule has 1 atom stereocenters. The standard InChI is InChI=1S/C14H25N3O2/c1-12(18)17-9-7-16(8-10-17)11-14(19)13-5-3-2-4-6-15-13/h13,15H,2-11H2,1H3. The summed E-state index contributed by atoms with van der Waals surface area (Å²) < 4.78 is 0. The molecule has 0 aromatic rings. The largest absolute Gasteiger partial charge is 0.340 e. The normalized spacial score (nSPS) is 25.9. The van der Waals surface area contributed by atoms with E-state index in [1.165, 1.54) is 12.8 Å². The molecule has 2 heterocycles. The van der Waals surface area contributed by atoms with Crippen molar-refractivity contribution in [2.45, 2.75) is 38.6 Å². The van der Waals surface area contributed by atoms with E-state index in [9.17, 15) is 9.59 Å². The Balaban J connectivity index is 1.75. The van der Waals surface area contributed by atoms with E-state index in [4.69, 9.17) is 0 Å². The molecule has 5 nitrogen and oxygen atoms in total. The Bertz CT molecular complexity index is 317. The van der Waals surface area contributed by atoms with Gasteiger partial charge < -0.3 is 10.2 Å². The van der Waals surface area contributed by atoms with Gasteiger partial charge in [0.1, 0.15) is 0 Å². The van der Waals surface area contributed by atoms with E-state index >= 15 is 0 Å². The third-order valence-corrected chi connectivity index (χ3v) is 4.15. The molecule has 1 N–H and O–H groups in total. The highest BCUT2D eigenvalue weighted by Gasteiger charge is 2.24. The van der Waals surface area contributed by atoms with Crippen LogP contribution in [0.1, 0.15) is 32.6 Å². The minimum atomic E-state index is 0.0494. The number of hydrogen-bond donors (Lipinski definition) is 1. The second kappa shape index (κ2) is 7.01. The molecule has 5 heteroatoms. The number of ketones is 1. The lowest BCUT2D eigenvalue weighted by atomic mass is 10.1. The van der Waals surface area contributed by atoms with Crippen LogP contribution in [-0.4, -0.2) is 66.8 Å². The monoisotopic (exact) mass is 267 g/mol. The molecule has 0 radical (unpaired) electrons. The molecule has 0 spiro atoms. The maximum absolute atomic E-state index is 12.2. The Morgan fingerprint density at radius 2 is 1.84 bits per heavy atom. The van der Waals surface area contributed by atoms with Gasteiger partial charge in [-0.15, -0.1) is 0 Å². The van der Waals surface area contributed by atoms with Gasteiger partial charge in [0.2, 0.25) is 5.91 Å². The van der Waals surface area contributed by atoms with Crippen molar-refractivity contribution >= 4 is 11.7 Å². The highest BCUT2D eigenvalue weighted by atomic mass is 16.2. The minimum Gasteiger partial charge on any atom is -0.340 e. The molecule has 0 saturated carbocycles. The molecule has 0 aliphatic carbocycles. The summed E-state index contributed by atoms with van der Waals surface area (Å²) in [6.45, 7) is 6.24. The Kier molecular flexibility index (Phi) is 5.34. The van der Waals surface area contributed by atoms with Crippen molar-refractivity contribution in [3.05, 3.63) is 0 Å². The Labute approximate surface area is 115 Å². The van der Waals surface area contributed by atoms with Crippen LogP contribution < -0.4 is 5.32 Å². The lowest BCUT2D eigenvalue weighted by Crippen LogP contribution is -2.51. The number of nitrogens with zero attached hydrogens (tertiary/aromatic N) is 2. The van der Waals surface area contributed by atoms with Gasteiger partial charge in [-0.3, -0.25) is 14.5 Å². The van der Waals surface area contributed by atoms with E-state index in [0.29, 0.717) is 12.3 Å². The Morgan fingerprint density at radius 1 is 1.11 bits per heavy atom. The van der Waals surface area contributed by atoms with Crippen molar-refractivity contribution < 1.29 is 9.59 Å². The van der Waals surface area contributed by atoms with Gasteiger partial charge in [-0.2, -0.15) is 0 Å². The van der Waals surface area contributed by atoms with Crippen LogP contribution in [-0.2, 0) is 9.59 Å². The SMILES string of the molecule is CC(=O)N1CCN(CC(=O)C2CCCCCN2)CC1. The van der Waals surface area contributed by atoms with E-state index in [-0.39, 0.29) is 11.9 Å². The highest BCUT2D eigenvalue weighted by molar-refractivity contribution is 5.86. The molecular weight excluding hydrogens is 242 g/mol. The number of amides is 1. The van der Waals surface area contributed by atoms with Crippen LogP contribution in [0, 0.1) is 0 Å². The third kappa shape index (κ3) is 4.28. The van der Waals surface area contributed by atoms with Crippen molar-refractivity contribution in [1.82, 2.24) is 15.1 Å². The number of Topliss-reactive ketones (excluding diaryl/α,β-unsaturated/α-hetero) is 1. The second-order valence-corrected chi connectivity index (χ2v) is 5.60. The van der Waals surface area contributed by atoms with Gasteiger partial charge in [0.15, 0.2) is 5.78 Å². The van der Waals surface area contributed by atoms with E-state index in [1.807, 2.05) is 4.90 Å². The minimum absolute atomic E-state index is 0.0494. The van der Waals surface area contributed by atoms with Crippen molar-refractivity contribution in [2.24, 2.45) is 0 Å².